The van der Waals surface area contributed by atoms with Gasteiger partial charge in [0.1, 0.15) is 5.75 Å². The summed E-state index contributed by atoms with van der Waals surface area (Å²) in [5.74, 6) is 1.22. The second-order valence-electron chi connectivity index (χ2n) is 6.13. The highest BCUT2D eigenvalue weighted by Crippen LogP contribution is 2.21. The molecule has 0 radical (unpaired) electrons. The van der Waals surface area contributed by atoms with Crippen molar-refractivity contribution in [2.75, 3.05) is 31.1 Å². The third-order valence-electron chi connectivity index (χ3n) is 3.95. The third kappa shape index (κ3) is 4.65. The van der Waals surface area contributed by atoms with E-state index in [1.165, 1.54) is 5.69 Å². The molecule has 22 heavy (non-hydrogen) atoms. The number of rotatable bonds is 6. The molecule has 1 saturated heterocycles. The molecule has 2 rings (SSSR count). The van der Waals surface area contributed by atoms with Crippen molar-refractivity contribution >= 4 is 11.6 Å². The summed E-state index contributed by atoms with van der Waals surface area (Å²) in [6.45, 7) is 9.65. The third-order valence-corrected chi connectivity index (χ3v) is 3.95. The molecule has 1 aromatic rings. The van der Waals surface area contributed by atoms with Gasteiger partial charge >= 0.3 is 0 Å². The highest BCUT2D eigenvalue weighted by molar-refractivity contribution is 5.76. The van der Waals surface area contributed by atoms with E-state index < -0.39 is 0 Å². The normalized spacial score (nSPS) is 15.3. The molecule has 0 aromatic heterocycles. The van der Waals surface area contributed by atoms with Crippen LogP contribution in [0.3, 0.4) is 0 Å². The summed E-state index contributed by atoms with van der Waals surface area (Å²) in [6, 6.07) is 8.25. The van der Waals surface area contributed by atoms with E-state index in [1.807, 2.05) is 30.9 Å². The Kier molecular flexibility index (Phi) is 6.10. The number of amides is 1. The number of carbonyl (C=O) groups excluding carboxylic acids is 1. The first-order valence-electron chi connectivity index (χ1n) is 8.39. The quantitative estimate of drug-likeness (QED) is 0.808. The zero-order valence-electron chi connectivity index (χ0n) is 14.0. The van der Waals surface area contributed by atoms with Gasteiger partial charge < -0.3 is 14.5 Å². The molecule has 1 aliphatic heterocycles. The van der Waals surface area contributed by atoms with Gasteiger partial charge in [-0.1, -0.05) is 13.3 Å². The Hall–Kier alpha value is -1.71. The molecule has 0 aliphatic carbocycles. The maximum absolute atomic E-state index is 12.0. The number of benzene rings is 1. The van der Waals surface area contributed by atoms with Crippen LogP contribution >= 0.6 is 0 Å². The fourth-order valence-corrected chi connectivity index (χ4v) is 2.71. The Morgan fingerprint density at radius 2 is 1.77 bits per heavy atom. The van der Waals surface area contributed by atoms with E-state index in [0.717, 1.165) is 44.8 Å². The molecule has 1 heterocycles. The molecule has 1 aliphatic rings. The fourth-order valence-electron chi connectivity index (χ4n) is 2.71. The topological polar surface area (TPSA) is 32.8 Å². The second kappa shape index (κ2) is 8.06. The molecule has 1 aromatic carbocycles. The number of piperazine rings is 1. The smallest absolute Gasteiger partial charge is 0.222 e. The van der Waals surface area contributed by atoms with Gasteiger partial charge in [0.25, 0.3) is 0 Å². The molecule has 0 unspecified atom stereocenters. The Morgan fingerprint density at radius 1 is 1.14 bits per heavy atom. The summed E-state index contributed by atoms with van der Waals surface area (Å²) in [5.41, 5.74) is 1.21. The molecule has 1 fully saturated rings. The number of anilines is 1. The molecule has 122 valence electrons. The van der Waals surface area contributed by atoms with Crippen molar-refractivity contribution in [3.63, 3.8) is 0 Å². The molecule has 0 saturated carbocycles. The van der Waals surface area contributed by atoms with Gasteiger partial charge in [0.05, 0.1) is 6.10 Å². The minimum Gasteiger partial charge on any atom is -0.491 e. The van der Waals surface area contributed by atoms with Crippen LogP contribution in [0, 0.1) is 0 Å². The van der Waals surface area contributed by atoms with Crippen LogP contribution in [0.4, 0.5) is 5.69 Å². The maximum Gasteiger partial charge on any atom is 0.222 e. The van der Waals surface area contributed by atoms with Crippen LogP contribution in [-0.2, 0) is 4.79 Å². The monoisotopic (exact) mass is 304 g/mol. The van der Waals surface area contributed by atoms with E-state index in [-0.39, 0.29) is 6.10 Å². The largest absolute Gasteiger partial charge is 0.491 e. The summed E-state index contributed by atoms with van der Waals surface area (Å²) >= 11 is 0. The van der Waals surface area contributed by atoms with Crippen molar-refractivity contribution in [2.24, 2.45) is 0 Å². The first kappa shape index (κ1) is 16.7. The Bertz CT molecular complexity index is 462. The lowest BCUT2D eigenvalue weighted by Crippen LogP contribution is -2.48. The number of carbonyl (C=O) groups is 1. The molecule has 0 atom stereocenters. The molecule has 0 spiro atoms. The first-order valence-corrected chi connectivity index (χ1v) is 8.39. The summed E-state index contributed by atoms with van der Waals surface area (Å²) in [5, 5.41) is 0. The molecular weight excluding hydrogens is 276 g/mol. The number of hydrogen-bond acceptors (Lipinski definition) is 3. The maximum atomic E-state index is 12.0. The van der Waals surface area contributed by atoms with E-state index in [4.69, 9.17) is 4.74 Å². The van der Waals surface area contributed by atoms with E-state index in [9.17, 15) is 4.79 Å². The van der Waals surface area contributed by atoms with Crippen molar-refractivity contribution in [1.82, 2.24) is 4.90 Å². The molecule has 0 N–H and O–H groups in total. The molecule has 4 heteroatoms. The standard InChI is InChI=1S/C18H28N2O2/c1-4-5-6-18(21)20-13-11-19(12-14-20)16-7-9-17(10-8-16)22-15(2)3/h7-10,15H,4-6,11-14H2,1-3H3. The summed E-state index contributed by atoms with van der Waals surface area (Å²) in [6.07, 6.45) is 2.97. The van der Waals surface area contributed by atoms with Gasteiger partial charge in [0.2, 0.25) is 5.91 Å². The van der Waals surface area contributed by atoms with E-state index in [0.29, 0.717) is 12.3 Å². The minimum atomic E-state index is 0.198. The Balaban J connectivity index is 1.84. The lowest BCUT2D eigenvalue weighted by Gasteiger charge is -2.36. The first-order chi connectivity index (χ1) is 10.6. The summed E-state index contributed by atoms with van der Waals surface area (Å²) < 4.78 is 5.67. The van der Waals surface area contributed by atoms with E-state index in [2.05, 4.69) is 24.0 Å². The van der Waals surface area contributed by atoms with E-state index in [1.54, 1.807) is 0 Å². The molecule has 4 nitrogen and oxygen atoms in total. The van der Waals surface area contributed by atoms with Crippen molar-refractivity contribution < 1.29 is 9.53 Å². The number of nitrogens with zero attached hydrogens (tertiary/aromatic N) is 2. The second-order valence-corrected chi connectivity index (χ2v) is 6.13. The molecule has 0 bridgehead atoms. The summed E-state index contributed by atoms with van der Waals surface area (Å²) in [4.78, 5) is 16.4. The lowest BCUT2D eigenvalue weighted by atomic mass is 10.2. The Morgan fingerprint density at radius 3 is 2.32 bits per heavy atom. The van der Waals surface area contributed by atoms with Crippen molar-refractivity contribution in [3.8, 4) is 5.75 Å². The predicted octanol–water partition coefficient (Wildman–Crippen LogP) is 3.31. The summed E-state index contributed by atoms with van der Waals surface area (Å²) in [7, 11) is 0. The molecule has 1 amide bonds. The van der Waals surface area contributed by atoms with Gasteiger partial charge in [0.15, 0.2) is 0 Å². The highest BCUT2D eigenvalue weighted by atomic mass is 16.5. The van der Waals surface area contributed by atoms with Crippen molar-refractivity contribution in [1.29, 1.82) is 0 Å². The van der Waals surface area contributed by atoms with Crippen LogP contribution in [0.15, 0.2) is 24.3 Å². The van der Waals surface area contributed by atoms with Gasteiger partial charge in [-0.2, -0.15) is 0 Å². The Labute approximate surface area is 134 Å². The SMILES string of the molecule is CCCCC(=O)N1CCN(c2ccc(OC(C)C)cc2)CC1. The number of hydrogen-bond donors (Lipinski definition) is 0. The van der Waals surface area contributed by atoms with Gasteiger partial charge in [0, 0.05) is 38.3 Å². The zero-order chi connectivity index (χ0) is 15.9. The zero-order valence-corrected chi connectivity index (χ0v) is 14.0. The fraction of sp³-hybridized carbons (Fsp3) is 0.611. The van der Waals surface area contributed by atoms with Crippen LogP contribution in [0.1, 0.15) is 40.0 Å². The average Bonchev–Trinajstić information content (AvgIpc) is 2.53. The van der Waals surface area contributed by atoms with Gasteiger partial charge in [-0.15, -0.1) is 0 Å². The van der Waals surface area contributed by atoms with Crippen molar-refractivity contribution in [3.05, 3.63) is 24.3 Å². The number of unbranched alkanes of at least 4 members (excludes halogenated alkanes) is 1. The minimum absolute atomic E-state index is 0.198. The van der Waals surface area contributed by atoms with Crippen LogP contribution < -0.4 is 9.64 Å². The van der Waals surface area contributed by atoms with Crippen LogP contribution in [0.2, 0.25) is 0 Å². The lowest BCUT2D eigenvalue weighted by molar-refractivity contribution is -0.131. The van der Waals surface area contributed by atoms with Crippen LogP contribution in [-0.4, -0.2) is 43.1 Å². The number of ether oxygens (including phenoxy) is 1. The van der Waals surface area contributed by atoms with Gasteiger partial charge in [-0.3, -0.25) is 4.79 Å². The van der Waals surface area contributed by atoms with E-state index >= 15 is 0 Å². The van der Waals surface area contributed by atoms with Gasteiger partial charge in [-0.05, 0) is 44.5 Å². The van der Waals surface area contributed by atoms with Gasteiger partial charge in [-0.25, -0.2) is 0 Å². The average molecular weight is 304 g/mol. The molecular formula is C18H28N2O2. The van der Waals surface area contributed by atoms with Crippen molar-refractivity contribution in [2.45, 2.75) is 46.1 Å². The van der Waals surface area contributed by atoms with Crippen LogP contribution in [0.5, 0.6) is 5.75 Å². The highest BCUT2D eigenvalue weighted by Gasteiger charge is 2.20. The predicted molar refractivity (Wildman–Crippen MR) is 90.5 cm³/mol. The van der Waals surface area contributed by atoms with Crippen LogP contribution in [0.25, 0.3) is 0 Å².